The van der Waals surface area contributed by atoms with Gasteiger partial charge >= 0.3 is 0 Å². The SMILES string of the molecule is CCN(CC)C1CCC(Nc2nc(NCc3ccc(-c4ccccc4)cc3)c3ncn(C(C)C)c3n2)CC1.Cl. The third-order valence-corrected chi connectivity index (χ3v) is 7.86. The highest BCUT2D eigenvalue weighted by atomic mass is 35.5. The predicted octanol–water partition coefficient (Wildman–Crippen LogP) is 7.17. The Hall–Kier alpha value is -3.16. The molecular weight excluding hydrogens is 506 g/mol. The molecule has 8 heteroatoms. The van der Waals surface area contributed by atoms with Gasteiger partial charge in [0.25, 0.3) is 0 Å². The molecule has 7 nitrogen and oxygen atoms in total. The molecule has 2 aromatic carbocycles. The first kappa shape index (κ1) is 28.8. The van der Waals surface area contributed by atoms with Gasteiger partial charge in [-0.3, -0.25) is 0 Å². The fraction of sp³-hybridized carbons (Fsp3) is 0.452. The normalized spacial score (nSPS) is 17.4. The fourth-order valence-corrected chi connectivity index (χ4v) is 5.62. The molecule has 208 valence electrons. The molecule has 2 N–H and O–H groups in total. The van der Waals surface area contributed by atoms with E-state index in [1.54, 1.807) is 0 Å². The van der Waals surface area contributed by atoms with Crippen molar-refractivity contribution in [2.75, 3.05) is 23.7 Å². The van der Waals surface area contributed by atoms with Crippen LogP contribution in [0, 0.1) is 0 Å². The number of aromatic nitrogens is 4. The van der Waals surface area contributed by atoms with Crippen molar-refractivity contribution in [2.45, 2.75) is 78.0 Å². The maximum Gasteiger partial charge on any atom is 0.227 e. The molecule has 0 amide bonds. The molecule has 39 heavy (non-hydrogen) atoms. The van der Waals surface area contributed by atoms with E-state index in [1.807, 2.05) is 12.4 Å². The Kier molecular flexibility index (Phi) is 9.81. The minimum absolute atomic E-state index is 0. The predicted molar refractivity (Wildman–Crippen MR) is 165 cm³/mol. The zero-order valence-corrected chi connectivity index (χ0v) is 24.4. The van der Waals surface area contributed by atoms with Crippen LogP contribution >= 0.6 is 12.4 Å². The molecular formula is C31H42ClN7. The molecule has 2 aromatic heterocycles. The molecule has 0 saturated heterocycles. The topological polar surface area (TPSA) is 70.9 Å². The average Bonchev–Trinajstić information content (AvgIpc) is 3.39. The molecule has 0 atom stereocenters. The van der Waals surface area contributed by atoms with Gasteiger partial charge in [0, 0.05) is 24.7 Å². The summed E-state index contributed by atoms with van der Waals surface area (Å²) in [7, 11) is 0. The van der Waals surface area contributed by atoms with Gasteiger partial charge < -0.3 is 20.1 Å². The van der Waals surface area contributed by atoms with Gasteiger partial charge in [-0.05, 0) is 69.3 Å². The summed E-state index contributed by atoms with van der Waals surface area (Å²) in [4.78, 5) is 17.1. The van der Waals surface area contributed by atoms with E-state index in [-0.39, 0.29) is 18.4 Å². The first-order chi connectivity index (χ1) is 18.6. The van der Waals surface area contributed by atoms with Crippen molar-refractivity contribution in [1.82, 2.24) is 24.4 Å². The van der Waals surface area contributed by atoms with Crippen LogP contribution in [-0.2, 0) is 6.54 Å². The van der Waals surface area contributed by atoms with Crippen molar-refractivity contribution in [3.8, 4) is 11.1 Å². The summed E-state index contributed by atoms with van der Waals surface area (Å²) in [5.74, 6) is 1.47. The molecule has 0 spiro atoms. The Balaban J connectivity index is 0.00000353. The van der Waals surface area contributed by atoms with Crippen molar-refractivity contribution < 1.29 is 0 Å². The zero-order valence-electron chi connectivity index (χ0n) is 23.6. The van der Waals surface area contributed by atoms with E-state index in [9.17, 15) is 0 Å². The van der Waals surface area contributed by atoms with Gasteiger partial charge in [-0.15, -0.1) is 12.4 Å². The molecule has 5 rings (SSSR count). The largest absolute Gasteiger partial charge is 0.364 e. The number of benzene rings is 2. The summed E-state index contributed by atoms with van der Waals surface area (Å²) < 4.78 is 2.12. The highest BCUT2D eigenvalue weighted by Gasteiger charge is 2.25. The average molecular weight is 548 g/mol. The van der Waals surface area contributed by atoms with Crippen molar-refractivity contribution >= 4 is 35.3 Å². The number of fused-ring (bicyclic) bond motifs is 1. The van der Waals surface area contributed by atoms with Crippen LogP contribution in [0.1, 0.15) is 65.0 Å². The quantitative estimate of drug-likeness (QED) is 0.219. The minimum atomic E-state index is 0. The highest BCUT2D eigenvalue weighted by Crippen LogP contribution is 2.28. The number of nitrogens with one attached hydrogen (secondary N) is 2. The van der Waals surface area contributed by atoms with Crippen LogP contribution in [0.4, 0.5) is 11.8 Å². The number of halogens is 1. The van der Waals surface area contributed by atoms with Crippen LogP contribution in [0.3, 0.4) is 0 Å². The first-order valence-electron chi connectivity index (χ1n) is 14.2. The monoisotopic (exact) mass is 547 g/mol. The van der Waals surface area contributed by atoms with Crippen LogP contribution in [0.5, 0.6) is 0 Å². The van der Waals surface area contributed by atoms with Crippen LogP contribution in [0.2, 0.25) is 0 Å². The van der Waals surface area contributed by atoms with Crippen molar-refractivity contribution in [2.24, 2.45) is 0 Å². The second-order valence-corrected chi connectivity index (χ2v) is 10.6. The standard InChI is InChI=1S/C31H41N7.ClH/c1-5-37(6-2)27-18-16-26(17-19-27)34-31-35-29(28-30(36-31)38(21-33-28)22(3)4)32-20-23-12-14-25(15-13-23)24-10-8-7-9-11-24;/h7-15,21-22,26-27H,5-6,16-20H2,1-4H3,(H2,32,34,35,36);1H. The molecule has 1 fully saturated rings. The molecule has 0 radical (unpaired) electrons. The first-order valence-corrected chi connectivity index (χ1v) is 14.2. The summed E-state index contributed by atoms with van der Waals surface area (Å²) >= 11 is 0. The molecule has 1 saturated carbocycles. The van der Waals surface area contributed by atoms with Gasteiger partial charge in [0.1, 0.15) is 0 Å². The van der Waals surface area contributed by atoms with Crippen molar-refractivity contribution in [3.05, 3.63) is 66.5 Å². The Morgan fingerprint density at radius 3 is 2.21 bits per heavy atom. The Morgan fingerprint density at radius 2 is 1.56 bits per heavy atom. The smallest absolute Gasteiger partial charge is 0.227 e. The summed E-state index contributed by atoms with van der Waals surface area (Å²) in [6.45, 7) is 11.8. The van der Waals surface area contributed by atoms with E-state index >= 15 is 0 Å². The second kappa shape index (κ2) is 13.3. The van der Waals surface area contributed by atoms with Crippen molar-refractivity contribution in [3.63, 3.8) is 0 Å². The van der Waals surface area contributed by atoms with Gasteiger partial charge in [0.05, 0.1) is 6.33 Å². The third-order valence-electron chi connectivity index (χ3n) is 7.86. The number of anilines is 2. The molecule has 2 heterocycles. The number of nitrogens with zero attached hydrogens (tertiary/aromatic N) is 5. The lowest BCUT2D eigenvalue weighted by Gasteiger charge is -2.36. The molecule has 0 bridgehead atoms. The number of hydrogen-bond donors (Lipinski definition) is 2. The minimum Gasteiger partial charge on any atom is -0.364 e. The molecule has 0 aliphatic heterocycles. The summed E-state index contributed by atoms with van der Waals surface area (Å²) in [5, 5.41) is 7.22. The number of rotatable bonds is 10. The van der Waals surface area contributed by atoms with Gasteiger partial charge in [0.2, 0.25) is 5.95 Å². The Bertz CT molecular complexity index is 1310. The molecule has 0 unspecified atom stereocenters. The van der Waals surface area contributed by atoms with E-state index in [0.29, 0.717) is 24.6 Å². The lowest BCUT2D eigenvalue weighted by molar-refractivity contribution is 0.167. The molecule has 1 aliphatic carbocycles. The van der Waals surface area contributed by atoms with Crippen LogP contribution in [-0.4, -0.2) is 49.6 Å². The fourth-order valence-electron chi connectivity index (χ4n) is 5.62. The lowest BCUT2D eigenvalue weighted by Crippen LogP contribution is -2.40. The maximum atomic E-state index is 4.93. The van der Waals surface area contributed by atoms with E-state index in [4.69, 9.17) is 9.97 Å². The maximum absolute atomic E-state index is 4.93. The highest BCUT2D eigenvalue weighted by molar-refractivity contribution is 5.85. The summed E-state index contributed by atoms with van der Waals surface area (Å²) in [5.41, 5.74) is 5.33. The number of imidazole rings is 1. The van der Waals surface area contributed by atoms with Gasteiger partial charge in [-0.1, -0.05) is 68.4 Å². The zero-order chi connectivity index (χ0) is 26.5. The summed E-state index contributed by atoms with van der Waals surface area (Å²) in [6, 6.07) is 20.5. The second-order valence-electron chi connectivity index (χ2n) is 10.6. The van der Waals surface area contributed by atoms with E-state index in [2.05, 4.69) is 101 Å². The van der Waals surface area contributed by atoms with Crippen LogP contribution < -0.4 is 10.6 Å². The van der Waals surface area contributed by atoms with E-state index in [1.165, 1.54) is 29.5 Å². The van der Waals surface area contributed by atoms with Gasteiger partial charge in [-0.25, -0.2) is 4.98 Å². The Labute approximate surface area is 238 Å². The molecule has 1 aliphatic rings. The van der Waals surface area contributed by atoms with Crippen LogP contribution in [0.25, 0.3) is 22.3 Å². The lowest BCUT2D eigenvalue weighted by atomic mass is 9.90. The third kappa shape index (κ3) is 6.71. The van der Waals surface area contributed by atoms with Gasteiger partial charge in [-0.2, -0.15) is 9.97 Å². The van der Waals surface area contributed by atoms with Gasteiger partial charge in [0.15, 0.2) is 17.0 Å². The van der Waals surface area contributed by atoms with Crippen LogP contribution in [0.15, 0.2) is 60.9 Å². The number of hydrogen-bond acceptors (Lipinski definition) is 6. The summed E-state index contributed by atoms with van der Waals surface area (Å²) in [6.07, 6.45) is 6.60. The van der Waals surface area contributed by atoms with E-state index in [0.717, 1.165) is 42.9 Å². The van der Waals surface area contributed by atoms with E-state index < -0.39 is 0 Å². The molecule has 4 aromatic rings. The Morgan fingerprint density at radius 1 is 0.897 bits per heavy atom. The van der Waals surface area contributed by atoms with Crippen molar-refractivity contribution in [1.29, 1.82) is 0 Å².